The molecule has 0 saturated heterocycles. The van der Waals surface area contributed by atoms with E-state index < -0.39 is 6.03 Å². The summed E-state index contributed by atoms with van der Waals surface area (Å²) in [5, 5.41) is 8.26. The number of halogens is 1. The number of hydrogen-bond acceptors (Lipinski definition) is 3. The van der Waals surface area contributed by atoms with Gasteiger partial charge in [-0.05, 0) is 36.4 Å². The predicted molar refractivity (Wildman–Crippen MR) is 89.3 cm³/mol. The van der Waals surface area contributed by atoms with E-state index in [9.17, 15) is 9.59 Å². The lowest BCUT2D eigenvalue weighted by Gasteiger charge is -2.10. The molecule has 0 aromatic heterocycles. The van der Waals surface area contributed by atoms with Crippen molar-refractivity contribution in [1.29, 1.82) is 0 Å². The first-order valence-electron chi connectivity index (χ1n) is 6.45. The van der Waals surface area contributed by atoms with Crippen molar-refractivity contribution >= 4 is 46.3 Å². The highest BCUT2D eigenvalue weighted by Gasteiger charge is 2.07. The third-order valence-electron chi connectivity index (χ3n) is 2.68. The van der Waals surface area contributed by atoms with Gasteiger partial charge in [0.1, 0.15) is 0 Å². The van der Waals surface area contributed by atoms with Gasteiger partial charge in [-0.2, -0.15) is 0 Å². The van der Waals surface area contributed by atoms with E-state index in [1.54, 1.807) is 42.5 Å². The molecule has 0 radical (unpaired) electrons. The average Bonchev–Trinajstić information content (AvgIpc) is 2.41. The summed E-state index contributed by atoms with van der Waals surface area (Å²) >= 11 is 5.99. The molecule has 2 aromatic carbocycles. The molecule has 6 nitrogen and oxygen atoms in total. The van der Waals surface area contributed by atoms with Crippen molar-refractivity contribution < 1.29 is 9.59 Å². The minimum atomic E-state index is -0.452. The van der Waals surface area contributed by atoms with Crippen molar-refractivity contribution in [3.05, 3.63) is 47.5 Å². The maximum absolute atomic E-state index is 12.0. The molecule has 3 amide bonds. The summed E-state index contributed by atoms with van der Waals surface area (Å²) in [6.07, 6.45) is 0. The van der Waals surface area contributed by atoms with Crippen LogP contribution in [0.5, 0.6) is 0 Å². The third-order valence-corrected chi connectivity index (χ3v) is 2.99. The largest absolute Gasteiger partial charge is 0.399 e. The molecule has 0 fully saturated rings. The van der Waals surface area contributed by atoms with Crippen LogP contribution in [-0.4, -0.2) is 11.9 Å². The molecule has 0 heterocycles. The molecule has 0 aliphatic heterocycles. The Labute approximate surface area is 132 Å². The zero-order chi connectivity index (χ0) is 16.1. The Balaban J connectivity index is 2.04. The number of anilines is 4. The minimum absolute atomic E-state index is 0.185. The molecule has 0 spiro atoms. The molecule has 2 rings (SSSR count). The summed E-state index contributed by atoms with van der Waals surface area (Å²) in [5.41, 5.74) is 7.68. The molecule has 0 aliphatic rings. The summed E-state index contributed by atoms with van der Waals surface area (Å²) in [6.45, 7) is 1.41. The van der Waals surface area contributed by atoms with E-state index >= 15 is 0 Å². The Morgan fingerprint density at radius 2 is 1.68 bits per heavy atom. The van der Waals surface area contributed by atoms with E-state index in [0.29, 0.717) is 27.8 Å². The molecule has 0 atom stereocenters. The number of nitrogen functional groups attached to an aromatic ring is 1. The SMILES string of the molecule is CC(=O)Nc1cccc(NC(=O)Nc2ccc(N)cc2Cl)c1. The first-order chi connectivity index (χ1) is 10.4. The van der Waals surface area contributed by atoms with Gasteiger partial charge in [-0.1, -0.05) is 17.7 Å². The van der Waals surface area contributed by atoms with Crippen molar-refractivity contribution in [3.63, 3.8) is 0 Å². The number of amides is 3. The molecular weight excluding hydrogens is 304 g/mol. The number of urea groups is 1. The van der Waals surface area contributed by atoms with E-state index in [0.717, 1.165) is 0 Å². The van der Waals surface area contributed by atoms with Crippen molar-refractivity contribution in [2.75, 3.05) is 21.7 Å². The predicted octanol–water partition coefficient (Wildman–Crippen LogP) is 3.52. The number of nitrogens with two attached hydrogens (primary N) is 1. The highest BCUT2D eigenvalue weighted by atomic mass is 35.5. The fraction of sp³-hybridized carbons (Fsp3) is 0.0667. The second-order valence-corrected chi connectivity index (χ2v) is 4.99. The lowest BCUT2D eigenvalue weighted by atomic mass is 10.2. The van der Waals surface area contributed by atoms with Crippen LogP contribution in [0.15, 0.2) is 42.5 Å². The van der Waals surface area contributed by atoms with E-state index in [-0.39, 0.29) is 5.91 Å². The number of carbonyl (C=O) groups excluding carboxylic acids is 2. The van der Waals surface area contributed by atoms with Crippen LogP contribution in [0.4, 0.5) is 27.5 Å². The lowest BCUT2D eigenvalue weighted by Crippen LogP contribution is -2.19. The summed E-state index contributed by atoms with van der Waals surface area (Å²) in [7, 11) is 0. The Bertz CT molecular complexity index is 718. The molecule has 0 aliphatic carbocycles. The summed E-state index contributed by atoms with van der Waals surface area (Å²) in [4.78, 5) is 23.0. The summed E-state index contributed by atoms with van der Waals surface area (Å²) < 4.78 is 0. The van der Waals surface area contributed by atoms with Crippen LogP contribution in [0.2, 0.25) is 5.02 Å². The van der Waals surface area contributed by atoms with Gasteiger partial charge in [0.25, 0.3) is 0 Å². The molecular formula is C15H15ClN4O2. The van der Waals surface area contributed by atoms with Crippen LogP contribution >= 0.6 is 11.6 Å². The van der Waals surface area contributed by atoms with Crippen molar-refractivity contribution in [2.45, 2.75) is 6.92 Å². The smallest absolute Gasteiger partial charge is 0.323 e. The molecule has 22 heavy (non-hydrogen) atoms. The van der Waals surface area contributed by atoms with Crippen molar-refractivity contribution in [1.82, 2.24) is 0 Å². The molecule has 7 heteroatoms. The molecule has 0 bridgehead atoms. The van der Waals surface area contributed by atoms with E-state index in [4.69, 9.17) is 17.3 Å². The molecule has 114 valence electrons. The fourth-order valence-corrected chi connectivity index (χ4v) is 2.03. The third kappa shape index (κ3) is 4.39. The van der Waals surface area contributed by atoms with Crippen LogP contribution in [0.1, 0.15) is 6.92 Å². The zero-order valence-electron chi connectivity index (χ0n) is 11.8. The van der Waals surface area contributed by atoms with Gasteiger partial charge in [0.15, 0.2) is 0 Å². The molecule has 2 aromatic rings. The Hall–Kier alpha value is -2.73. The Morgan fingerprint density at radius 1 is 1.00 bits per heavy atom. The highest BCUT2D eigenvalue weighted by Crippen LogP contribution is 2.24. The quantitative estimate of drug-likeness (QED) is 0.652. The average molecular weight is 319 g/mol. The monoisotopic (exact) mass is 318 g/mol. The standard InChI is InChI=1S/C15H15ClN4O2/c1-9(21)18-11-3-2-4-12(8-11)19-15(22)20-14-6-5-10(17)7-13(14)16/h2-8H,17H2,1H3,(H,18,21)(H2,19,20,22). The molecule has 5 N–H and O–H groups in total. The number of nitrogens with one attached hydrogen (secondary N) is 3. The number of hydrogen-bond donors (Lipinski definition) is 4. The first-order valence-corrected chi connectivity index (χ1v) is 6.82. The van der Waals surface area contributed by atoms with Gasteiger partial charge in [0.05, 0.1) is 10.7 Å². The Morgan fingerprint density at radius 3 is 2.32 bits per heavy atom. The Kier molecular flexibility index (Phi) is 4.85. The van der Waals surface area contributed by atoms with Crippen LogP contribution in [0.25, 0.3) is 0 Å². The van der Waals surface area contributed by atoms with Gasteiger partial charge in [0.2, 0.25) is 5.91 Å². The maximum Gasteiger partial charge on any atom is 0.323 e. The summed E-state index contributed by atoms with van der Waals surface area (Å²) in [6, 6.07) is 11.1. The van der Waals surface area contributed by atoms with Crippen molar-refractivity contribution in [3.8, 4) is 0 Å². The van der Waals surface area contributed by atoms with Crippen LogP contribution in [0, 0.1) is 0 Å². The van der Waals surface area contributed by atoms with Crippen molar-refractivity contribution in [2.24, 2.45) is 0 Å². The lowest BCUT2D eigenvalue weighted by molar-refractivity contribution is -0.114. The van der Waals surface area contributed by atoms with Crippen LogP contribution < -0.4 is 21.7 Å². The number of carbonyl (C=O) groups is 2. The first kappa shape index (κ1) is 15.7. The number of benzene rings is 2. The van der Waals surface area contributed by atoms with Gasteiger partial charge in [0, 0.05) is 24.0 Å². The van der Waals surface area contributed by atoms with Crippen LogP contribution in [-0.2, 0) is 4.79 Å². The molecule has 0 unspecified atom stereocenters. The normalized spacial score (nSPS) is 9.91. The van der Waals surface area contributed by atoms with E-state index in [1.165, 1.54) is 6.92 Å². The van der Waals surface area contributed by atoms with E-state index in [2.05, 4.69) is 16.0 Å². The molecule has 0 saturated carbocycles. The zero-order valence-corrected chi connectivity index (χ0v) is 12.6. The summed E-state index contributed by atoms with van der Waals surface area (Å²) in [5.74, 6) is -0.185. The van der Waals surface area contributed by atoms with Gasteiger partial charge < -0.3 is 21.7 Å². The number of rotatable bonds is 3. The minimum Gasteiger partial charge on any atom is -0.399 e. The van der Waals surface area contributed by atoms with E-state index in [1.807, 2.05) is 0 Å². The van der Waals surface area contributed by atoms with Crippen LogP contribution in [0.3, 0.4) is 0 Å². The van der Waals surface area contributed by atoms with Gasteiger partial charge in [-0.25, -0.2) is 4.79 Å². The highest BCUT2D eigenvalue weighted by molar-refractivity contribution is 6.34. The topological polar surface area (TPSA) is 96.2 Å². The second kappa shape index (κ2) is 6.82. The second-order valence-electron chi connectivity index (χ2n) is 4.58. The van der Waals surface area contributed by atoms with Gasteiger partial charge in [-0.3, -0.25) is 4.79 Å². The van der Waals surface area contributed by atoms with Gasteiger partial charge >= 0.3 is 6.03 Å². The maximum atomic E-state index is 12.0. The van der Waals surface area contributed by atoms with Gasteiger partial charge in [-0.15, -0.1) is 0 Å². The fourth-order valence-electron chi connectivity index (χ4n) is 1.80.